The SMILES string of the molecule is Cc1c(C=O)c(=O)[nH]c2cc3c(cc12)OCO3. The second-order valence-corrected chi connectivity index (χ2v) is 3.86. The lowest BCUT2D eigenvalue weighted by molar-refractivity contribution is 0.112. The van der Waals surface area contributed by atoms with Crippen LogP contribution in [0.3, 0.4) is 0 Å². The van der Waals surface area contributed by atoms with Gasteiger partial charge in [-0.05, 0) is 18.6 Å². The maximum Gasteiger partial charge on any atom is 0.259 e. The Balaban J connectivity index is 2.44. The Bertz CT molecular complexity index is 687. The number of nitrogens with one attached hydrogen (secondary N) is 1. The molecule has 0 atom stereocenters. The molecule has 0 unspecified atom stereocenters. The first-order valence-electron chi connectivity index (χ1n) is 5.12. The number of carbonyl (C=O) groups is 1. The van der Waals surface area contributed by atoms with E-state index in [0.29, 0.717) is 28.9 Å². The molecule has 1 N–H and O–H groups in total. The zero-order chi connectivity index (χ0) is 12.0. The lowest BCUT2D eigenvalue weighted by Gasteiger charge is -2.05. The van der Waals surface area contributed by atoms with Crippen molar-refractivity contribution < 1.29 is 14.3 Å². The molecule has 86 valence electrons. The number of hydrogen-bond acceptors (Lipinski definition) is 4. The van der Waals surface area contributed by atoms with Crippen LogP contribution in [-0.2, 0) is 0 Å². The van der Waals surface area contributed by atoms with Gasteiger partial charge in [0.1, 0.15) is 0 Å². The molecule has 0 amide bonds. The molecule has 2 aromatic rings. The lowest BCUT2D eigenvalue weighted by Crippen LogP contribution is -2.14. The minimum atomic E-state index is -0.385. The van der Waals surface area contributed by atoms with Crippen molar-refractivity contribution in [3.05, 3.63) is 33.6 Å². The van der Waals surface area contributed by atoms with Crippen molar-refractivity contribution in [2.75, 3.05) is 6.79 Å². The summed E-state index contributed by atoms with van der Waals surface area (Å²) >= 11 is 0. The average Bonchev–Trinajstić information content (AvgIpc) is 2.74. The van der Waals surface area contributed by atoms with Crippen LogP contribution in [0.2, 0.25) is 0 Å². The fourth-order valence-electron chi connectivity index (χ4n) is 2.00. The number of hydrogen-bond donors (Lipinski definition) is 1. The standard InChI is InChI=1S/C12H9NO4/c1-6-7-2-10-11(17-5-16-10)3-9(7)13-12(15)8(6)4-14/h2-4H,5H2,1H3,(H,13,15). The summed E-state index contributed by atoms with van der Waals surface area (Å²) in [6.07, 6.45) is 0.568. The van der Waals surface area contributed by atoms with Crippen LogP contribution in [0.5, 0.6) is 11.5 Å². The number of pyridine rings is 1. The van der Waals surface area contributed by atoms with E-state index in [1.807, 2.05) is 0 Å². The first kappa shape index (κ1) is 9.89. The number of H-pyrrole nitrogens is 1. The van der Waals surface area contributed by atoms with Gasteiger partial charge in [-0.2, -0.15) is 0 Å². The number of carbonyl (C=O) groups excluding carboxylic acids is 1. The topological polar surface area (TPSA) is 68.4 Å². The van der Waals surface area contributed by atoms with Gasteiger partial charge in [-0.3, -0.25) is 9.59 Å². The summed E-state index contributed by atoms with van der Waals surface area (Å²) in [5, 5.41) is 0.788. The highest BCUT2D eigenvalue weighted by atomic mass is 16.7. The largest absolute Gasteiger partial charge is 0.454 e. The summed E-state index contributed by atoms with van der Waals surface area (Å²) in [5.41, 5.74) is 1.06. The third-order valence-corrected chi connectivity index (χ3v) is 2.93. The highest BCUT2D eigenvalue weighted by Gasteiger charge is 2.17. The van der Waals surface area contributed by atoms with Gasteiger partial charge in [0.15, 0.2) is 17.8 Å². The van der Waals surface area contributed by atoms with Gasteiger partial charge in [-0.15, -0.1) is 0 Å². The normalized spacial score (nSPS) is 13.0. The maximum atomic E-state index is 11.6. The summed E-state index contributed by atoms with van der Waals surface area (Å²) in [5.74, 6) is 1.23. The third kappa shape index (κ3) is 1.32. The van der Waals surface area contributed by atoms with Gasteiger partial charge in [0.25, 0.3) is 5.56 Å². The molecule has 0 saturated carbocycles. The van der Waals surface area contributed by atoms with Crippen molar-refractivity contribution in [2.45, 2.75) is 6.92 Å². The molecule has 0 spiro atoms. The number of benzene rings is 1. The van der Waals surface area contributed by atoms with Crippen LogP contribution in [0.1, 0.15) is 15.9 Å². The second-order valence-electron chi connectivity index (χ2n) is 3.86. The van der Waals surface area contributed by atoms with Gasteiger partial charge < -0.3 is 14.5 Å². The van der Waals surface area contributed by atoms with Gasteiger partial charge in [-0.25, -0.2) is 0 Å². The van der Waals surface area contributed by atoms with Crippen LogP contribution >= 0.6 is 0 Å². The number of aryl methyl sites for hydroxylation is 1. The van der Waals surface area contributed by atoms with Crippen molar-refractivity contribution >= 4 is 17.2 Å². The minimum Gasteiger partial charge on any atom is -0.454 e. The van der Waals surface area contributed by atoms with Crippen LogP contribution in [0.4, 0.5) is 0 Å². The smallest absolute Gasteiger partial charge is 0.259 e. The zero-order valence-corrected chi connectivity index (χ0v) is 9.07. The third-order valence-electron chi connectivity index (χ3n) is 2.93. The summed E-state index contributed by atoms with van der Waals surface area (Å²) in [4.78, 5) is 25.1. The second kappa shape index (κ2) is 3.35. The first-order valence-corrected chi connectivity index (χ1v) is 5.12. The van der Waals surface area contributed by atoms with E-state index < -0.39 is 0 Å². The van der Waals surface area contributed by atoms with E-state index >= 15 is 0 Å². The van der Waals surface area contributed by atoms with Gasteiger partial charge in [0, 0.05) is 11.5 Å². The van der Waals surface area contributed by atoms with Gasteiger partial charge in [0.2, 0.25) is 6.79 Å². The molecule has 0 saturated heterocycles. The highest BCUT2D eigenvalue weighted by Crippen LogP contribution is 2.36. The minimum absolute atomic E-state index is 0.149. The molecule has 1 aromatic heterocycles. The summed E-state index contributed by atoms with van der Waals surface area (Å²) < 4.78 is 10.5. The van der Waals surface area contributed by atoms with E-state index in [1.54, 1.807) is 19.1 Å². The van der Waals surface area contributed by atoms with Crippen molar-refractivity contribution in [2.24, 2.45) is 0 Å². The number of rotatable bonds is 1. The Kier molecular flexibility index (Phi) is 1.95. The zero-order valence-electron chi connectivity index (χ0n) is 9.07. The molecule has 0 aliphatic carbocycles. The Morgan fingerprint density at radius 1 is 1.29 bits per heavy atom. The fourth-order valence-corrected chi connectivity index (χ4v) is 2.00. The molecule has 2 heterocycles. The molecule has 1 aliphatic heterocycles. The summed E-state index contributed by atoms with van der Waals surface area (Å²) in [6, 6.07) is 3.48. The van der Waals surface area contributed by atoms with Crippen LogP contribution in [-0.4, -0.2) is 18.1 Å². The molecule has 1 aliphatic rings. The molecule has 0 fully saturated rings. The fraction of sp³-hybridized carbons (Fsp3) is 0.167. The Morgan fingerprint density at radius 2 is 2.00 bits per heavy atom. The number of fused-ring (bicyclic) bond motifs is 2. The van der Waals surface area contributed by atoms with Crippen LogP contribution in [0, 0.1) is 6.92 Å². The number of aldehydes is 1. The van der Waals surface area contributed by atoms with E-state index in [9.17, 15) is 9.59 Å². The van der Waals surface area contributed by atoms with E-state index in [2.05, 4.69) is 4.98 Å². The predicted molar refractivity (Wildman–Crippen MR) is 60.8 cm³/mol. The van der Waals surface area contributed by atoms with E-state index in [-0.39, 0.29) is 17.9 Å². The van der Waals surface area contributed by atoms with Crippen molar-refractivity contribution in [1.29, 1.82) is 0 Å². The van der Waals surface area contributed by atoms with E-state index in [0.717, 1.165) is 5.39 Å². The monoisotopic (exact) mass is 231 g/mol. The molecule has 17 heavy (non-hydrogen) atoms. The molecular weight excluding hydrogens is 222 g/mol. The van der Waals surface area contributed by atoms with E-state index in [4.69, 9.17) is 9.47 Å². The predicted octanol–water partition coefficient (Wildman–Crippen LogP) is 1.38. The average molecular weight is 231 g/mol. The maximum absolute atomic E-state index is 11.6. The van der Waals surface area contributed by atoms with Gasteiger partial charge >= 0.3 is 0 Å². The van der Waals surface area contributed by atoms with Crippen LogP contribution in [0.15, 0.2) is 16.9 Å². The molecule has 0 bridgehead atoms. The Labute approximate surface area is 96.0 Å². The number of aromatic amines is 1. The van der Waals surface area contributed by atoms with Crippen molar-refractivity contribution in [3.8, 4) is 11.5 Å². The first-order chi connectivity index (χ1) is 8.20. The van der Waals surface area contributed by atoms with E-state index in [1.165, 1.54) is 0 Å². The molecule has 0 radical (unpaired) electrons. The van der Waals surface area contributed by atoms with Crippen molar-refractivity contribution in [1.82, 2.24) is 4.98 Å². The number of aromatic nitrogens is 1. The quantitative estimate of drug-likeness (QED) is 0.753. The molecule has 5 heteroatoms. The number of ether oxygens (including phenoxy) is 2. The Hall–Kier alpha value is -2.30. The lowest BCUT2D eigenvalue weighted by atomic mass is 10.1. The molecule has 1 aromatic carbocycles. The molecule has 3 rings (SSSR count). The molecule has 5 nitrogen and oxygen atoms in total. The van der Waals surface area contributed by atoms with Gasteiger partial charge in [0.05, 0.1) is 11.1 Å². The van der Waals surface area contributed by atoms with Gasteiger partial charge in [-0.1, -0.05) is 0 Å². The molecular formula is C12H9NO4. The van der Waals surface area contributed by atoms with Crippen LogP contribution in [0.25, 0.3) is 10.9 Å². The van der Waals surface area contributed by atoms with Crippen molar-refractivity contribution in [3.63, 3.8) is 0 Å². The summed E-state index contributed by atoms with van der Waals surface area (Å²) in [6.45, 7) is 1.92. The highest BCUT2D eigenvalue weighted by molar-refractivity contribution is 5.91. The summed E-state index contributed by atoms with van der Waals surface area (Å²) in [7, 11) is 0. The Morgan fingerprint density at radius 3 is 2.71 bits per heavy atom. The van der Waals surface area contributed by atoms with Crippen LogP contribution < -0.4 is 15.0 Å².